The van der Waals surface area contributed by atoms with Crippen LogP contribution in [0.3, 0.4) is 0 Å². The average Bonchev–Trinajstić information content (AvgIpc) is 2.26. The van der Waals surface area contributed by atoms with Gasteiger partial charge in [-0.05, 0) is 17.4 Å². The quantitative estimate of drug-likeness (QED) is 0.833. The summed E-state index contributed by atoms with van der Waals surface area (Å²) >= 11 is 0. The molecule has 1 rings (SSSR count). The Bertz CT molecular complexity index is 354. The molecule has 0 spiro atoms. The first-order valence-electron chi connectivity index (χ1n) is 5.96. The van der Waals surface area contributed by atoms with Crippen molar-refractivity contribution in [1.82, 2.24) is 5.32 Å². The molecule has 0 saturated carbocycles. The maximum atomic E-state index is 11.8. The zero-order valence-electron chi connectivity index (χ0n) is 10.9. The van der Waals surface area contributed by atoms with Crippen LogP contribution in [0.25, 0.3) is 0 Å². The van der Waals surface area contributed by atoms with Crippen LogP contribution in [0.1, 0.15) is 26.3 Å². The summed E-state index contributed by atoms with van der Waals surface area (Å²) < 4.78 is 0. The van der Waals surface area contributed by atoms with E-state index in [1.165, 1.54) is 0 Å². The highest BCUT2D eigenvalue weighted by molar-refractivity contribution is 5.81. The molecule has 0 bridgehead atoms. The highest BCUT2D eigenvalue weighted by Gasteiger charge is 2.17. The fourth-order valence-corrected chi connectivity index (χ4v) is 1.44. The molecule has 0 radical (unpaired) electrons. The Kier molecular flexibility index (Phi) is 4.70. The van der Waals surface area contributed by atoms with E-state index < -0.39 is 6.04 Å². The molecule has 1 aromatic carbocycles. The summed E-state index contributed by atoms with van der Waals surface area (Å²) in [6, 6.07) is 9.35. The Hall–Kier alpha value is -1.35. The molecular weight excluding hydrogens is 212 g/mol. The number of amides is 1. The van der Waals surface area contributed by atoms with Crippen molar-refractivity contribution in [3.8, 4) is 0 Å². The Labute approximate surface area is 103 Å². The van der Waals surface area contributed by atoms with Gasteiger partial charge in [0, 0.05) is 6.54 Å². The van der Waals surface area contributed by atoms with E-state index >= 15 is 0 Å². The van der Waals surface area contributed by atoms with Crippen molar-refractivity contribution in [3.63, 3.8) is 0 Å². The van der Waals surface area contributed by atoms with E-state index in [1.54, 1.807) is 0 Å². The Morgan fingerprint density at radius 1 is 1.29 bits per heavy atom. The lowest BCUT2D eigenvalue weighted by molar-refractivity contribution is -0.122. The van der Waals surface area contributed by atoms with Gasteiger partial charge in [-0.15, -0.1) is 0 Å². The molecule has 1 atom stereocenters. The molecule has 1 aromatic rings. The molecule has 0 aliphatic rings. The van der Waals surface area contributed by atoms with Gasteiger partial charge in [-0.3, -0.25) is 4.79 Å². The molecule has 0 saturated heterocycles. The summed E-state index contributed by atoms with van der Waals surface area (Å²) in [5.41, 5.74) is 7.04. The van der Waals surface area contributed by atoms with E-state index in [-0.39, 0.29) is 11.3 Å². The van der Waals surface area contributed by atoms with Crippen molar-refractivity contribution in [2.45, 2.75) is 33.2 Å². The van der Waals surface area contributed by atoms with Crippen LogP contribution >= 0.6 is 0 Å². The lowest BCUT2D eigenvalue weighted by Gasteiger charge is -2.20. The summed E-state index contributed by atoms with van der Waals surface area (Å²) in [6.07, 6.45) is 0.580. The van der Waals surface area contributed by atoms with Crippen LogP contribution in [-0.2, 0) is 11.2 Å². The molecular formula is C14H22N2O. The first-order chi connectivity index (χ1) is 7.88. The van der Waals surface area contributed by atoms with E-state index in [0.717, 1.165) is 5.56 Å². The van der Waals surface area contributed by atoms with Crippen molar-refractivity contribution in [1.29, 1.82) is 0 Å². The number of rotatable bonds is 4. The number of carbonyl (C=O) groups excluding carboxylic acids is 1. The van der Waals surface area contributed by atoms with Gasteiger partial charge in [0.15, 0.2) is 0 Å². The minimum absolute atomic E-state index is 0.0798. The van der Waals surface area contributed by atoms with Gasteiger partial charge in [0.25, 0.3) is 0 Å². The number of nitrogens with one attached hydrogen (secondary N) is 1. The van der Waals surface area contributed by atoms with E-state index in [2.05, 4.69) is 26.1 Å². The molecule has 1 amide bonds. The number of hydrogen-bond donors (Lipinski definition) is 2. The third kappa shape index (κ3) is 5.50. The number of benzene rings is 1. The van der Waals surface area contributed by atoms with Gasteiger partial charge in [-0.1, -0.05) is 51.1 Å². The predicted octanol–water partition coefficient (Wildman–Crippen LogP) is 1.72. The van der Waals surface area contributed by atoms with E-state index in [0.29, 0.717) is 13.0 Å². The van der Waals surface area contributed by atoms with Crippen LogP contribution in [-0.4, -0.2) is 18.5 Å². The largest absolute Gasteiger partial charge is 0.354 e. The normalized spacial score (nSPS) is 13.2. The van der Waals surface area contributed by atoms with Crippen LogP contribution in [0, 0.1) is 5.41 Å². The van der Waals surface area contributed by atoms with E-state index in [4.69, 9.17) is 5.73 Å². The van der Waals surface area contributed by atoms with Crippen molar-refractivity contribution < 1.29 is 4.79 Å². The van der Waals surface area contributed by atoms with Crippen LogP contribution in [0.5, 0.6) is 0 Å². The number of hydrogen-bond acceptors (Lipinski definition) is 2. The Morgan fingerprint density at radius 3 is 2.41 bits per heavy atom. The van der Waals surface area contributed by atoms with Crippen LogP contribution in [0.15, 0.2) is 30.3 Å². The maximum Gasteiger partial charge on any atom is 0.237 e. The minimum Gasteiger partial charge on any atom is -0.354 e. The van der Waals surface area contributed by atoms with E-state index in [9.17, 15) is 4.79 Å². The summed E-state index contributed by atoms with van der Waals surface area (Å²) in [5.74, 6) is -0.0798. The fraction of sp³-hybridized carbons (Fsp3) is 0.500. The standard InChI is InChI=1S/C14H22N2O/c1-14(2,3)10-16-13(17)12(15)9-11-7-5-4-6-8-11/h4-8,12H,9-10,15H2,1-3H3,(H,16,17). The zero-order chi connectivity index (χ0) is 12.9. The molecule has 0 aromatic heterocycles. The second kappa shape index (κ2) is 5.82. The summed E-state index contributed by atoms with van der Waals surface area (Å²) in [5, 5.41) is 2.88. The molecule has 17 heavy (non-hydrogen) atoms. The number of carbonyl (C=O) groups is 1. The van der Waals surface area contributed by atoms with Gasteiger partial charge in [-0.2, -0.15) is 0 Å². The molecule has 0 heterocycles. The molecule has 94 valence electrons. The second-order valence-electron chi connectivity index (χ2n) is 5.57. The topological polar surface area (TPSA) is 55.1 Å². The maximum absolute atomic E-state index is 11.8. The lowest BCUT2D eigenvalue weighted by atomic mass is 9.96. The molecule has 0 fully saturated rings. The van der Waals surface area contributed by atoms with Crippen LogP contribution < -0.4 is 11.1 Å². The van der Waals surface area contributed by atoms with E-state index in [1.807, 2.05) is 30.3 Å². The highest BCUT2D eigenvalue weighted by atomic mass is 16.2. The first-order valence-corrected chi connectivity index (χ1v) is 5.96. The summed E-state index contributed by atoms with van der Waals surface area (Å²) in [7, 11) is 0. The SMILES string of the molecule is CC(C)(C)CNC(=O)C(N)Cc1ccccc1. The number of nitrogens with two attached hydrogens (primary N) is 1. The summed E-state index contributed by atoms with van der Waals surface area (Å²) in [6.45, 7) is 6.89. The van der Waals surface area contributed by atoms with Gasteiger partial charge in [0.1, 0.15) is 0 Å². The average molecular weight is 234 g/mol. The fourth-order valence-electron chi connectivity index (χ4n) is 1.44. The van der Waals surface area contributed by atoms with Gasteiger partial charge >= 0.3 is 0 Å². The highest BCUT2D eigenvalue weighted by Crippen LogP contribution is 2.10. The van der Waals surface area contributed by atoms with Gasteiger partial charge in [0.05, 0.1) is 6.04 Å². The molecule has 0 aliphatic carbocycles. The monoisotopic (exact) mass is 234 g/mol. The van der Waals surface area contributed by atoms with Crippen molar-refractivity contribution in [2.24, 2.45) is 11.1 Å². The second-order valence-corrected chi connectivity index (χ2v) is 5.57. The molecule has 3 N–H and O–H groups in total. The lowest BCUT2D eigenvalue weighted by Crippen LogP contribution is -2.44. The third-order valence-corrected chi connectivity index (χ3v) is 2.43. The zero-order valence-corrected chi connectivity index (χ0v) is 10.9. The Balaban J connectivity index is 2.43. The summed E-state index contributed by atoms with van der Waals surface area (Å²) in [4.78, 5) is 11.8. The minimum atomic E-state index is -0.472. The van der Waals surface area contributed by atoms with Crippen molar-refractivity contribution >= 4 is 5.91 Å². The van der Waals surface area contributed by atoms with Gasteiger partial charge in [0.2, 0.25) is 5.91 Å². The van der Waals surface area contributed by atoms with Crippen LogP contribution in [0.2, 0.25) is 0 Å². The van der Waals surface area contributed by atoms with Crippen molar-refractivity contribution in [2.75, 3.05) is 6.54 Å². The first kappa shape index (κ1) is 13.7. The molecule has 0 aliphatic heterocycles. The smallest absolute Gasteiger partial charge is 0.237 e. The third-order valence-electron chi connectivity index (χ3n) is 2.43. The van der Waals surface area contributed by atoms with Gasteiger partial charge < -0.3 is 11.1 Å². The van der Waals surface area contributed by atoms with Gasteiger partial charge in [-0.25, -0.2) is 0 Å². The molecule has 1 unspecified atom stereocenters. The van der Waals surface area contributed by atoms with Crippen LogP contribution in [0.4, 0.5) is 0 Å². The van der Waals surface area contributed by atoms with Crippen molar-refractivity contribution in [3.05, 3.63) is 35.9 Å². The predicted molar refractivity (Wildman–Crippen MR) is 70.6 cm³/mol. The molecule has 3 heteroatoms. The molecule has 3 nitrogen and oxygen atoms in total. The Morgan fingerprint density at radius 2 is 1.88 bits per heavy atom.